The minimum Gasteiger partial charge on any atom is -0.300 e. The Morgan fingerprint density at radius 3 is 1.69 bits per heavy atom. The third-order valence-corrected chi connectivity index (χ3v) is 5.10. The van der Waals surface area contributed by atoms with Crippen LogP contribution in [0.15, 0.2) is 60.8 Å². The summed E-state index contributed by atoms with van der Waals surface area (Å²) in [6.07, 6.45) is 35.9. The van der Waals surface area contributed by atoms with E-state index < -0.39 is 0 Å². The maximum absolute atomic E-state index is 11.8. The summed E-state index contributed by atoms with van der Waals surface area (Å²) in [5.41, 5.74) is 0. The minimum atomic E-state index is 0.458. The lowest BCUT2D eigenvalue weighted by Gasteiger charge is -2.06. The summed E-state index contributed by atoms with van der Waals surface area (Å²) in [7, 11) is 0. The number of hydrogen-bond donors (Lipinski definition) is 0. The number of allylic oxidation sites excluding steroid dienone is 10. The van der Waals surface area contributed by atoms with Gasteiger partial charge >= 0.3 is 0 Å². The Labute approximate surface area is 181 Å². The minimum absolute atomic E-state index is 0.458. The van der Waals surface area contributed by atoms with Crippen LogP contribution in [0.5, 0.6) is 0 Å². The highest BCUT2D eigenvalue weighted by atomic mass is 16.1. The fraction of sp³-hybridized carbons (Fsp3) is 0.607. The number of hydrogen-bond acceptors (Lipinski definition) is 1. The van der Waals surface area contributed by atoms with E-state index in [9.17, 15) is 4.79 Å². The molecule has 0 saturated heterocycles. The Morgan fingerprint density at radius 2 is 1.17 bits per heavy atom. The Hall–Kier alpha value is -1.63. The van der Waals surface area contributed by atoms with Crippen LogP contribution < -0.4 is 0 Å². The molecule has 1 nitrogen and oxygen atoms in total. The molecule has 0 radical (unpaired) electrons. The molecule has 164 valence electrons. The van der Waals surface area contributed by atoms with Crippen molar-refractivity contribution in [1.82, 2.24) is 0 Å². The molecule has 29 heavy (non-hydrogen) atoms. The Balaban J connectivity index is 3.47. The van der Waals surface area contributed by atoms with E-state index in [1.807, 2.05) is 0 Å². The van der Waals surface area contributed by atoms with E-state index in [2.05, 4.69) is 81.5 Å². The van der Waals surface area contributed by atoms with E-state index in [4.69, 9.17) is 0 Å². The molecule has 0 amide bonds. The first kappa shape index (κ1) is 27.4. The molecule has 1 atom stereocenters. The molecule has 0 aliphatic rings. The van der Waals surface area contributed by atoms with Crippen molar-refractivity contribution in [2.75, 3.05) is 0 Å². The second-order valence-corrected chi connectivity index (χ2v) is 7.90. The van der Waals surface area contributed by atoms with Crippen molar-refractivity contribution >= 4 is 5.78 Å². The van der Waals surface area contributed by atoms with Crippen LogP contribution in [0.3, 0.4) is 0 Å². The standard InChI is InChI=1S/C28H46O/c1-4-6-7-8-9-10-11-12-13-14-15-16-17-18-19-20-21-22-23-24-28(29)26-25-27(3)5-2/h6-7,9-10,12-13,15-16,18-19,27H,4-5,8,11,14,17,20-26H2,1-3H3/b7-6-,10-9-,13-12-,16-15-,19-18-. The van der Waals surface area contributed by atoms with E-state index in [-0.39, 0.29) is 0 Å². The number of rotatable bonds is 19. The molecule has 0 spiro atoms. The third kappa shape index (κ3) is 22.5. The number of carbonyl (C=O) groups is 1. The molecule has 0 aliphatic heterocycles. The summed E-state index contributed by atoms with van der Waals surface area (Å²) in [6, 6.07) is 0. The van der Waals surface area contributed by atoms with E-state index in [1.165, 1.54) is 19.3 Å². The van der Waals surface area contributed by atoms with Gasteiger partial charge in [-0.05, 0) is 63.7 Å². The molecule has 0 N–H and O–H groups in total. The largest absolute Gasteiger partial charge is 0.300 e. The van der Waals surface area contributed by atoms with Gasteiger partial charge in [-0.15, -0.1) is 0 Å². The van der Waals surface area contributed by atoms with Crippen molar-refractivity contribution in [2.45, 2.75) is 104 Å². The second-order valence-electron chi connectivity index (χ2n) is 7.90. The number of carbonyl (C=O) groups excluding carboxylic acids is 1. The molecule has 0 saturated carbocycles. The average molecular weight is 399 g/mol. The van der Waals surface area contributed by atoms with Crippen LogP contribution in [-0.4, -0.2) is 5.78 Å². The van der Waals surface area contributed by atoms with Gasteiger partial charge in [0.1, 0.15) is 5.78 Å². The summed E-state index contributed by atoms with van der Waals surface area (Å²) < 4.78 is 0. The molecular formula is C28H46O. The molecule has 0 rings (SSSR count). The van der Waals surface area contributed by atoms with E-state index in [0.29, 0.717) is 11.7 Å². The molecule has 0 heterocycles. The first-order valence-corrected chi connectivity index (χ1v) is 12.0. The molecule has 0 aromatic carbocycles. The smallest absolute Gasteiger partial charge is 0.132 e. The molecule has 0 aromatic rings. The average Bonchev–Trinajstić information content (AvgIpc) is 2.73. The Kier molecular flexibility index (Phi) is 21.4. The molecule has 0 aromatic heterocycles. The topological polar surface area (TPSA) is 17.1 Å². The normalized spacial score (nSPS) is 13.8. The molecule has 1 heteroatoms. The number of unbranched alkanes of at least 4 members (excludes halogenated alkanes) is 3. The molecule has 0 fully saturated rings. The first-order valence-electron chi connectivity index (χ1n) is 12.0. The van der Waals surface area contributed by atoms with Gasteiger partial charge in [-0.25, -0.2) is 0 Å². The van der Waals surface area contributed by atoms with E-state index in [0.717, 1.165) is 64.2 Å². The first-order chi connectivity index (χ1) is 14.2. The van der Waals surface area contributed by atoms with Gasteiger partial charge in [0.15, 0.2) is 0 Å². The molecular weight excluding hydrogens is 352 g/mol. The Bertz CT molecular complexity index is 504. The molecule has 0 bridgehead atoms. The van der Waals surface area contributed by atoms with Gasteiger partial charge in [-0.2, -0.15) is 0 Å². The van der Waals surface area contributed by atoms with Crippen molar-refractivity contribution in [3.63, 3.8) is 0 Å². The zero-order valence-electron chi connectivity index (χ0n) is 19.5. The van der Waals surface area contributed by atoms with Crippen molar-refractivity contribution in [3.05, 3.63) is 60.8 Å². The highest BCUT2D eigenvalue weighted by Gasteiger charge is 2.04. The predicted octanol–water partition coefficient (Wildman–Crippen LogP) is 9.08. The van der Waals surface area contributed by atoms with E-state index in [1.54, 1.807) is 0 Å². The monoisotopic (exact) mass is 398 g/mol. The Morgan fingerprint density at radius 1 is 0.655 bits per heavy atom. The highest BCUT2D eigenvalue weighted by Crippen LogP contribution is 2.12. The predicted molar refractivity (Wildman–Crippen MR) is 131 cm³/mol. The summed E-state index contributed by atoms with van der Waals surface area (Å²) >= 11 is 0. The van der Waals surface area contributed by atoms with Crippen molar-refractivity contribution < 1.29 is 4.79 Å². The number of ketones is 1. The van der Waals surface area contributed by atoms with Crippen LogP contribution in [0, 0.1) is 5.92 Å². The van der Waals surface area contributed by atoms with Crippen molar-refractivity contribution in [3.8, 4) is 0 Å². The third-order valence-electron chi connectivity index (χ3n) is 5.10. The van der Waals surface area contributed by atoms with Crippen molar-refractivity contribution in [1.29, 1.82) is 0 Å². The molecule has 0 aliphatic carbocycles. The summed E-state index contributed by atoms with van der Waals surface area (Å²) in [5, 5.41) is 0. The second kappa shape index (κ2) is 22.7. The van der Waals surface area contributed by atoms with Gasteiger partial charge in [0, 0.05) is 12.8 Å². The van der Waals surface area contributed by atoms with Gasteiger partial charge in [0.25, 0.3) is 0 Å². The maximum atomic E-state index is 11.8. The van der Waals surface area contributed by atoms with Crippen LogP contribution in [0.2, 0.25) is 0 Å². The van der Waals surface area contributed by atoms with Crippen LogP contribution in [0.1, 0.15) is 104 Å². The van der Waals surface area contributed by atoms with Gasteiger partial charge in [-0.3, -0.25) is 4.79 Å². The summed E-state index contributed by atoms with van der Waals surface area (Å²) in [5.74, 6) is 1.15. The van der Waals surface area contributed by atoms with Gasteiger partial charge in [-0.1, -0.05) is 94.4 Å². The van der Waals surface area contributed by atoms with Crippen LogP contribution in [-0.2, 0) is 4.79 Å². The molecule has 1 unspecified atom stereocenters. The highest BCUT2D eigenvalue weighted by molar-refractivity contribution is 5.78. The lowest BCUT2D eigenvalue weighted by Crippen LogP contribution is -2.01. The van der Waals surface area contributed by atoms with Crippen LogP contribution >= 0.6 is 0 Å². The van der Waals surface area contributed by atoms with Gasteiger partial charge in [0.05, 0.1) is 0 Å². The van der Waals surface area contributed by atoms with Crippen molar-refractivity contribution in [2.24, 2.45) is 5.92 Å². The zero-order valence-corrected chi connectivity index (χ0v) is 19.5. The van der Waals surface area contributed by atoms with Crippen LogP contribution in [0.25, 0.3) is 0 Å². The fourth-order valence-electron chi connectivity index (χ4n) is 2.87. The fourth-order valence-corrected chi connectivity index (χ4v) is 2.87. The maximum Gasteiger partial charge on any atom is 0.132 e. The van der Waals surface area contributed by atoms with Gasteiger partial charge < -0.3 is 0 Å². The van der Waals surface area contributed by atoms with E-state index >= 15 is 0 Å². The van der Waals surface area contributed by atoms with Crippen LogP contribution in [0.4, 0.5) is 0 Å². The quantitative estimate of drug-likeness (QED) is 0.157. The number of Topliss-reactive ketones (excluding diaryl/α,β-unsaturated/α-hetero) is 1. The van der Waals surface area contributed by atoms with Gasteiger partial charge in [0.2, 0.25) is 0 Å². The lowest BCUT2D eigenvalue weighted by atomic mass is 9.99. The summed E-state index contributed by atoms with van der Waals surface area (Å²) in [6.45, 7) is 6.59. The lowest BCUT2D eigenvalue weighted by molar-refractivity contribution is -0.119. The zero-order chi connectivity index (χ0) is 21.4. The summed E-state index contributed by atoms with van der Waals surface area (Å²) in [4.78, 5) is 11.8. The SMILES string of the molecule is CC/C=C\C/C=C\C/C=C\C/C=C\C/C=C\CCCCCC(=O)CCC(C)CC.